The van der Waals surface area contributed by atoms with E-state index in [4.69, 9.17) is 9.47 Å². The monoisotopic (exact) mass is 377 g/mol. The minimum atomic E-state index is -0.341. The Balaban J connectivity index is -0.000000175. The van der Waals surface area contributed by atoms with Crippen molar-refractivity contribution in [3.8, 4) is 0 Å². The van der Waals surface area contributed by atoms with Crippen LogP contribution in [-0.2, 0) is 19.1 Å². The molecule has 26 heavy (non-hydrogen) atoms. The molecular formula is C21H47NO4. The van der Waals surface area contributed by atoms with E-state index in [1.807, 2.05) is 67.5 Å². The number of carbonyl (C=O) groups is 2. The van der Waals surface area contributed by atoms with Crippen molar-refractivity contribution >= 4 is 11.9 Å². The highest BCUT2D eigenvalue weighted by Crippen LogP contribution is 2.21. The summed E-state index contributed by atoms with van der Waals surface area (Å²) in [6.45, 7) is 15.4. The maximum atomic E-state index is 11.4. The van der Waals surface area contributed by atoms with Crippen LogP contribution in [-0.4, -0.2) is 50.7 Å². The average Bonchev–Trinajstić information content (AvgIpc) is 2.52. The Bertz CT molecular complexity index is 363. The molecule has 0 aromatic rings. The number of nitrogens with zero attached hydrogens (tertiary/aromatic N) is 1. The first kappa shape index (κ1) is 32.6. The van der Waals surface area contributed by atoms with Crippen molar-refractivity contribution in [2.45, 2.75) is 82.6 Å². The molecule has 5 nitrogen and oxygen atoms in total. The summed E-state index contributed by atoms with van der Waals surface area (Å²) in [6, 6.07) is 0. The molecule has 0 heterocycles. The van der Waals surface area contributed by atoms with Gasteiger partial charge < -0.3 is 14.4 Å². The van der Waals surface area contributed by atoms with E-state index in [1.54, 1.807) is 0 Å². The molecule has 0 aliphatic carbocycles. The summed E-state index contributed by atoms with van der Waals surface area (Å²) in [5.41, 5.74) is -0.651. The summed E-state index contributed by atoms with van der Waals surface area (Å²) in [5, 5.41) is 0. The Kier molecular flexibility index (Phi) is 20.2. The van der Waals surface area contributed by atoms with Gasteiger partial charge in [0.05, 0.1) is 17.4 Å². The quantitative estimate of drug-likeness (QED) is 0.518. The predicted octanol–water partition coefficient (Wildman–Crippen LogP) is 5.18. The van der Waals surface area contributed by atoms with E-state index in [1.165, 1.54) is 0 Å². The SMILES string of the molecule is C.C.CCC(C)(C)C(=O)OCCN(C)C.CCCOC(=O)C(C)(C)CC. The van der Waals surface area contributed by atoms with E-state index >= 15 is 0 Å². The fraction of sp³-hybridized carbons (Fsp3) is 0.905. The van der Waals surface area contributed by atoms with Gasteiger partial charge in [-0.3, -0.25) is 9.59 Å². The first-order chi connectivity index (χ1) is 10.9. The summed E-state index contributed by atoms with van der Waals surface area (Å²) in [7, 11) is 3.91. The Labute approximate surface area is 163 Å². The Hall–Kier alpha value is -1.10. The highest BCUT2D eigenvalue weighted by atomic mass is 16.5. The molecule has 0 aromatic heterocycles. The molecule has 0 radical (unpaired) electrons. The van der Waals surface area contributed by atoms with Crippen LogP contribution in [0.3, 0.4) is 0 Å². The molecular weight excluding hydrogens is 330 g/mol. The Morgan fingerprint density at radius 3 is 1.38 bits per heavy atom. The number of hydrogen-bond donors (Lipinski definition) is 0. The molecule has 0 unspecified atom stereocenters. The normalized spacial score (nSPS) is 10.7. The predicted molar refractivity (Wildman–Crippen MR) is 112 cm³/mol. The highest BCUT2D eigenvalue weighted by molar-refractivity contribution is 5.76. The van der Waals surface area contributed by atoms with Crippen molar-refractivity contribution in [2.75, 3.05) is 33.9 Å². The van der Waals surface area contributed by atoms with E-state index < -0.39 is 0 Å². The van der Waals surface area contributed by atoms with Crippen LogP contribution >= 0.6 is 0 Å². The van der Waals surface area contributed by atoms with Crippen LogP contribution in [0, 0.1) is 10.8 Å². The lowest BCUT2D eigenvalue weighted by atomic mass is 9.91. The lowest BCUT2D eigenvalue weighted by Gasteiger charge is -2.20. The van der Waals surface area contributed by atoms with E-state index in [2.05, 4.69) is 0 Å². The molecule has 0 saturated carbocycles. The molecule has 160 valence electrons. The lowest BCUT2D eigenvalue weighted by Crippen LogP contribution is -2.28. The van der Waals surface area contributed by atoms with Crippen LogP contribution in [0.4, 0.5) is 0 Å². The van der Waals surface area contributed by atoms with E-state index in [9.17, 15) is 9.59 Å². The van der Waals surface area contributed by atoms with Crippen molar-refractivity contribution in [2.24, 2.45) is 10.8 Å². The van der Waals surface area contributed by atoms with Gasteiger partial charge in [0, 0.05) is 6.54 Å². The van der Waals surface area contributed by atoms with E-state index in [0.717, 1.165) is 25.8 Å². The number of hydrogen-bond acceptors (Lipinski definition) is 5. The molecule has 0 amide bonds. The molecule has 0 bridgehead atoms. The average molecular weight is 378 g/mol. The van der Waals surface area contributed by atoms with Crippen molar-refractivity contribution in [3.63, 3.8) is 0 Å². The first-order valence-corrected chi connectivity index (χ1v) is 8.93. The number of likely N-dealkylation sites (N-methyl/N-ethyl adjacent to an activating group) is 1. The van der Waals surface area contributed by atoms with Crippen LogP contribution in [0.2, 0.25) is 0 Å². The second-order valence-electron chi connectivity index (χ2n) is 7.55. The van der Waals surface area contributed by atoms with E-state index in [-0.39, 0.29) is 37.6 Å². The van der Waals surface area contributed by atoms with Gasteiger partial charge in [-0.05, 0) is 61.1 Å². The van der Waals surface area contributed by atoms with Gasteiger partial charge in [0.2, 0.25) is 0 Å². The molecule has 0 aromatic carbocycles. The lowest BCUT2D eigenvalue weighted by molar-refractivity contribution is -0.155. The number of esters is 2. The minimum absolute atomic E-state index is 0. The summed E-state index contributed by atoms with van der Waals surface area (Å²) in [5.74, 6) is -0.182. The highest BCUT2D eigenvalue weighted by Gasteiger charge is 2.27. The van der Waals surface area contributed by atoms with Gasteiger partial charge >= 0.3 is 11.9 Å². The largest absolute Gasteiger partial charge is 0.465 e. The van der Waals surface area contributed by atoms with Crippen LogP contribution < -0.4 is 0 Å². The van der Waals surface area contributed by atoms with Gasteiger partial charge in [0.25, 0.3) is 0 Å². The third kappa shape index (κ3) is 15.2. The van der Waals surface area contributed by atoms with Gasteiger partial charge in [-0.1, -0.05) is 35.6 Å². The summed E-state index contributed by atoms with van der Waals surface area (Å²) < 4.78 is 10.1. The molecule has 0 fully saturated rings. The summed E-state index contributed by atoms with van der Waals surface area (Å²) in [6.07, 6.45) is 2.54. The summed E-state index contributed by atoms with van der Waals surface area (Å²) in [4.78, 5) is 24.7. The second kappa shape index (κ2) is 16.1. The molecule has 0 spiro atoms. The maximum absolute atomic E-state index is 11.4. The van der Waals surface area contributed by atoms with Gasteiger partial charge in [-0.15, -0.1) is 0 Å². The van der Waals surface area contributed by atoms with Gasteiger partial charge in [0.1, 0.15) is 6.61 Å². The summed E-state index contributed by atoms with van der Waals surface area (Å²) >= 11 is 0. The molecule has 5 heteroatoms. The van der Waals surface area contributed by atoms with Crippen LogP contribution in [0.15, 0.2) is 0 Å². The zero-order chi connectivity index (χ0) is 19.4. The van der Waals surface area contributed by atoms with Crippen molar-refractivity contribution in [1.29, 1.82) is 0 Å². The zero-order valence-electron chi connectivity index (χ0n) is 17.3. The molecule has 0 aliphatic rings. The maximum Gasteiger partial charge on any atom is 0.311 e. The van der Waals surface area contributed by atoms with Crippen LogP contribution in [0.5, 0.6) is 0 Å². The number of carbonyl (C=O) groups excluding carboxylic acids is 2. The third-order valence-electron chi connectivity index (χ3n) is 4.08. The van der Waals surface area contributed by atoms with Crippen molar-refractivity contribution in [1.82, 2.24) is 4.90 Å². The topological polar surface area (TPSA) is 55.8 Å². The van der Waals surface area contributed by atoms with E-state index in [0.29, 0.717) is 13.2 Å². The third-order valence-corrected chi connectivity index (χ3v) is 4.08. The Morgan fingerprint density at radius 1 is 0.769 bits per heavy atom. The number of ether oxygens (including phenoxy) is 2. The standard InChI is InChI=1S/C10H21NO2.C9H18O2.2CH4/c1-6-10(2,3)9(12)13-8-7-11(4)5;1-5-7-11-8(10)9(3,4)6-2;;/h6-8H2,1-5H3;5-7H2,1-4H3;2*1H4. The smallest absolute Gasteiger partial charge is 0.311 e. The molecule has 0 saturated heterocycles. The second-order valence-corrected chi connectivity index (χ2v) is 7.55. The zero-order valence-corrected chi connectivity index (χ0v) is 17.3. The number of rotatable bonds is 9. The van der Waals surface area contributed by atoms with Crippen LogP contribution in [0.1, 0.15) is 82.6 Å². The van der Waals surface area contributed by atoms with Gasteiger partial charge in [0.15, 0.2) is 0 Å². The fourth-order valence-corrected chi connectivity index (χ4v) is 1.20. The van der Waals surface area contributed by atoms with Crippen molar-refractivity contribution < 1.29 is 19.1 Å². The minimum Gasteiger partial charge on any atom is -0.465 e. The molecule has 0 atom stereocenters. The molecule has 0 N–H and O–H groups in total. The van der Waals surface area contributed by atoms with Gasteiger partial charge in [-0.25, -0.2) is 0 Å². The molecule has 0 aliphatic heterocycles. The van der Waals surface area contributed by atoms with Gasteiger partial charge in [-0.2, -0.15) is 0 Å². The fourth-order valence-electron chi connectivity index (χ4n) is 1.20. The Morgan fingerprint density at radius 2 is 1.12 bits per heavy atom. The molecule has 0 rings (SSSR count). The first-order valence-electron chi connectivity index (χ1n) is 8.93. The van der Waals surface area contributed by atoms with Crippen molar-refractivity contribution in [3.05, 3.63) is 0 Å². The van der Waals surface area contributed by atoms with Crippen LogP contribution in [0.25, 0.3) is 0 Å².